The number of carbonyl (C=O) groups excluding carboxylic acids is 2. The van der Waals surface area contributed by atoms with Gasteiger partial charge in [0.1, 0.15) is 23.2 Å². The number of benzene rings is 2. The van der Waals surface area contributed by atoms with Crippen molar-refractivity contribution in [3.8, 4) is 5.75 Å². The van der Waals surface area contributed by atoms with Crippen molar-refractivity contribution in [2.24, 2.45) is 0 Å². The molecule has 0 aliphatic carbocycles. The van der Waals surface area contributed by atoms with E-state index in [-0.39, 0.29) is 18.4 Å². The summed E-state index contributed by atoms with van der Waals surface area (Å²) in [4.78, 5) is 25.9. The van der Waals surface area contributed by atoms with Gasteiger partial charge in [-0.05, 0) is 23.3 Å². The minimum atomic E-state index is -0.602. The van der Waals surface area contributed by atoms with E-state index in [1.807, 2.05) is 61.5 Å². The number of hydrogen-bond donors (Lipinski definition) is 0. The van der Waals surface area contributed by atoms with Crippen LogP contribution in [-0.4, -0.2) is 35.4 Å². The molecule has 5 nitrogen and oxygen atoms in total. The third-order valence-electron chi connectivity index (χ3n) is 4.61. The Labute approximate surface area is 161 Å². The van der Waals surface area contributed by atoms with Crippen LogP contribution in [0.25, 0.3) is 0 Å². The second-order valence-corrected chi connectivity index (χ2v) is 7.16. The van der Waals surface area contributed by atoms with Gasteiger partial charge in [0.15, 0.2) is 0 Å². The molecule has 1 heterocycles. The quantitative estimate of drug-likeness (QED) is 0.681. The average Bonchev–Trinajstić information content (AvgIpc) is 3.08. The molecule has 0 N–H and O–H groups in total. The molecule has 2 aromatic rings. The van der Waals surface area contributed by atoms with Gasteiger partial charge in [0.25, 0.3) is 0 Å². The predicted molar refractivity (Wildman–Crippen MR) is 102 cm³/mol. The lowest BCUT2D eigenvalue weighted by molar-refractivity contribution is -0.128. The summed E-state index contributed by atoms with van der Waals surface area (Å²) in [6, 6.07) is 16.6. The lowest BCUT2D eigenvalue weighted by Gasteiger charge is -2.25. The minimum absolute atomic E-state index is 0.127. The zero-order chi connectivity index (χ0) is 18.7. The van der Waals surface area contributed by atoms with Gasteiger partial charge >= 0.3 is 6.09 Å². The van der Waals surface area contributed by atoms with Crippen molar-refractivity contribution in [3.63, 3.8) is 0 Å². The molecule has 6 heteroatoms. The maximum Gasteiger partial charge on any atom is 0.417 e. The van der Waals surface area contributed by atoms with Crippen molar-refractivity contribution in [1.29, 1.82) is 0 Å². The maximum absolute atomic E-state index is 13.0. The first-order valence-corrected chi connectivity index (χ1v) is 9.27. The molecule has 1 saturated heterocycles. The molecular formula is C20H20BrNO4. The normalized spacial score (nSPS) is 19.0. The number of imide groups is 1. The summed E-state index contributed by atoms with van der Waals surface area (Å²) < 4.78 is 10.3. The van der Waals surface area contributed by atoms with E-state index in [0.29, 0.717) is 0 Å². The van der Waals surface area contributed by atoms with E-state index in [9.17, 15) is 9.59 Å². The van der Waals surface area contributed by atoms with Crippen LogP contribution in [0, 0.1) is 0 Å². The van der Waals surface area contributed by atoms with Crippen molar-refractivity contribution in [3.05, 3.63) is 65.7 Å². The number of hydrogen-bond acceptors (Lipinski definition) is 4. The van der Waals surface area contributed by atoms with Gasteiger partial charge in [-0.1, -0.05) is 65.3 Å². The van der Waals surface area contributed by atoms with E-state index < -0.39 is 17.0 Å². The van der Waals surface area contributed by atoms with Gasteiger partial charge in [-0.2, -0.15) is 0 Å². The average molecular weight is 418 g/mol. The highest BCUT2D eigenvalue weighted by molar-refractivity contribution is 9.10. The fraction of sp³-hybridized carbons (Fsp3) is 0.300. The Morgan fingerprint density at radius 2 is 1.85 bits per heavy atom. The summed E-state index contributed by atoms with van der Waals surface area (Å²) in [6.07, 6.45) is -0.602. The van der Waals surface area contributed by atoms with Crippen molar-refractivity contribution >= 4 is 27.9 Å². The highest BCUT2D eigenvalue weighted by atomic mass is 79.9. The molecule has 0 bridgehead atoms. The van der Waals surface area contributed by atoms with Gasteiger partial charge in [0, 0.05) is 5.92 Å². The number of halogens is 1. The molecule has 3 atom stereocenters. The summed E-state index contributed by atoms with van der Waals surface area (Å²) in [5, 5.41) is 0. The molecule has 1 fully saturated rings. The second kappa shape index (κ2) is 7.91. The molecule has 136 valence electrons. The summed E-state index contributed by atoms with van der Waals surface area (Å²) in [6.45, 7) is 2.11. The Bertz CT molecular complexity index is 778. The molecule has 2 aromatic carbocycles. The second-order valence-electron chi connectivity index (χ2n) is 6.18. The van der Waals surface area contributed by atoms with Gasteiger partial charge in [-0.3, -0.25) is 4.79 Å². The van der Waals surface area contributed by atoms with E-state index in [4.69, 9.17) is 9.47 Å². The van der Waals surface area contributed by atoms with Crippen LogP contribution in [0.1, 0.15) is 30.0 Å². The lowest BCUT2D eigenvalue weighted by Crippen LogP contribution is -2.40. The van der Waals surface area contributed by atoms with Crippen LogP contribution in [-0.2, 0) is 9.53 Å². The van der Waals surface area contributed by atoms with Crippen molar-refractivity contribution in [2.75, 3.05) is 13.7 Å². The summed E-state index contributed by atoms with van der Waals surface area (Å²) in [5.74, 6) is 0.327. The first kappa shape index (κ1) is 18.5. The Balaban J connectivity index is 1.80. The molecular weight excluding hydrogens is 398 g/mol. The lowest BCUT2D eigenvalue weighted by atomic mass is 9.96. The van der Waals surface area contributed by atoms with Gasteiger partial charge < -0.3 is 9.47 Å². The molecule has 2 amide bonds. The van der Waals surface area contributed by atoms with Crippen molar-refractivity contribution in [2.45, 2.75) is 23.7 Å². The van der Waals surface area contributed by atoms with Crippen LogP contribution in [0.15, 0.2) is 54.6 Å². The molecule has 0 aromatic heterocycles. The summed E-state index contributed by atoms with van der Waals surface area (Å²) in [7, 11) is 1.61. The predicted octanol–water partition coefficient (Wildman–Crippen LogP) is 4.28. The molecule has 26 heavy (non-hydrogen) atoms. The Morgan fingerprint density at radius 1 is 1.19 bits per heavy atom. The highest BCUT2D eigenvalue weighted by Gasteiger charge is 2.42. The van der Waals surface area contributed by atoms with E-state index in [1.54, 1.807) is 7.11 Å². The van der Waals surface area contributed by atoms with Crippen LogP contribution in [0.3, 0.4) is 0 Å². The molecule has 2 unspecified atom stereocenters. The zero-order valence-electron chi connectivity index (χ0n) is 14.6. The molecule has 0 spiro atoms. The third-order valence-corrected chi connectivity index (χ3v) is 5.80. The number of amides is 2. The minimum Gasteiger partial charge on any atom is -0.497 e. The van der Waals surface area contributed by atoms with Crippen molar-refractivity contribution in [1.82, 2.24) is 4.90 Å². The van der Waals surface area contributed by atoms with Crippen LogP contribution in [0.2, 0.25) is 0 Å². The van der Waals surface area contributed by atoms with Gasteiger partial charge in [-0.15, -0.1) is 0 Å². The first-order chi connectivity index (χ1) is 12.5. The molecule has 0 radical (unpaired) electrons. The largest absolute Gasteiger partial charge is 0.497 e. The van der Waals surface area contributed by atoms with E-state index in [0.717, 1.165) is 16.9 Å². The van der Waals surface area contributed by atoms with Crippen LogP contribution >= 0.6 is 15.9 Å². The van der Waals surface area contributed by atoms with E-state index >= 15 is 0 Å². The summed E-state index contributed by atoms with van der Waals surface area (Å²) >= 11 is 3.49. The van der Waals surface area contributed by atoms with E-state index in [1.165, 1.54) is 4.90 Å². The third kappa shape index (κ3) is 3.60. The monoisotopic (exact) mass is 417 g/mol. The van der Waals surface area contributed by atoms with Crippen LogP contribution < -0.4 is 4.74 Å². The molecule has 1 aliphatic rings. The first-order valence-electron chi connectivity index (χ1n) is 8.35. The number of rotatable bonds is 5. The molecule has 1 aliphatic heterocycles. The van der Waals surface area contributed by atoms with Gasteiger partial charge in [0.05, 0.1) is 7.11 Å². The number of methoxy groups -OCH3 is 1. The zero-order valence-corrected chi connectivity index (χ0v) is 16.2. The van der Waals surface area contributed by atoms with Gasteiger partial charge in [0.2, 0.25) is 5.91 Å². The summed E-state index contributed by atoms with van der Waals surface area (Å²) in [5.41, 5.74) is 1.85. The number of cyclic esters (lactones) is 1. The SMILES string of the molecule is COc1ccc(C(C)C(Br)C(=O)N2C(=O)OC[C@H]2c2ccccc2)cc1. The van der Waals surface area contributed by atoms with E-state index in [2.05, 4.69) is 15.9 Å². The Kier molecular flexibility index (Phi) is 5.61. The maximum atomic E-state index is 13.0. The Morgan fingerprint density at radius 3 is 2.46 bits per heavy atom. The van der Waals surface area contributed by atoms with Gasteiger partial charge in [-0.25, -0.2) is 9.69 Å². The highest BCUT2D eigenvalue weighted by Crippen LogP contribution is 2.33. The fourth-order valence-electron chi connectivity index (χ4n) is 3.01. The molecule has 3 rings (SSSR count). The fourth-order valence-corrected chi connectivity index (χ4v) is 3.53. The van der Waals surface area contributed by atoms with Crippen molar-refractivity contribution < 1.29 is 19.1 Å². The number of alkyl halides is 1. The Hall–Kier alpha value is -2.34. The van der Waals surface area contributed by atoms with Crippen LogP contribution in [0.5, 0.6) is 5.75 Å². The van der Waals surface area contributed by atoms with Crippen LogP contribution in [0.4, 0.5) is 4.79 Å². The molecule has 0 saturated carbocycles. The standard InChI is InChI=1S/C20H20BrNO4/c1-13(14-8-10-16(25-2)11-9-14)18(21)19(23)22-17(12-26-20(22)24)15-6-4-3-5-7-15/h3-11,13,17-18H,12H2,1-2H3/t13?,17-,18?/m0/s1. The smallest absolute Gasteiger partial charge is 0.417 e. The number of ether oxygens (including phenoxy) is 2. The number of nitrogens with zero attached hydrogens (tertiary/aromatic N) is 1. The topological polar surface area (TPSA) is 55.8 Å². The number of carbonyl (C=O) groups is 2.